The van der Waals surface area contributed by atoms with Crippen molar-refractivity contribution in [3.63, 3.8) is 0 Å². The number of methoxy groups -OCH3 is 1. The maximum atomic E-state index is 11.8. The van der Waals surface area contributed by atoms with E-state index in [4.69, 9.17) is 14.2 Å². The highest BCUT2D eigenvalue weighted by Gasteiger charge is 2.11. The predicted molar refractivity (Wildman–Crippen MR) is 92.4 cm³/mol. The summed E-state index contributed by atoms with van der Waals surface area (Å²) < 4.78 is 16.7. The molecule has 0 saturated heterocycles. The van der Waals surface area contributed by atoms with E-state index in [1.165, 1.54) is 14.0 Å². The first-order chi connectivity index (χ1) is 11.5. The van der Waals surface area contributed by atoms with Crippen LogP contribution in [-0.2, 0) is 16.1 Å². The highest BCUT2D eigenvalue weighted by atomic mass is 79.9. The van der Waals surface area contributed by atoms with Gasteiger partial charge >= 0.3 is 5.97 Å². The van der Waals surface area contributed by atoms with Crippen LogP contribution in [0.25, 0.3) is 0 Å². The summed E-state index contributed by atoms with van der Waals surface area (Å²) in [5.74, 6) is 0.192. The molecule has 0 unspecified atom stereocenters. The molecule has 0 aliphatic rings. The Morgan fingerprint density at radius 2 is 1.83 bits per heavy atom. The van der Waals surface area contributed by atoms with Crippen molar-refractivity contribution < 1.29 is 23.8 Å². The normalized spacial score (nSPS) is 10.1. The van der Waals surface area contributed by atoms with Crippen molar-refractivity contribution in [2.45, 2.75) is 13.5 Å². The molecule has 0 amide bonds. The Balaban J connectivity index is 1.92. The molecule has 0 spiro atoms. The smallest absolute Gasteiger partial charge is 0.344 e. The third-order valence-corrected chi connectivity index (χ3v) is 4.04. The number of Topliss-reactive ketones (excluding diaryl/α,β-unsaturated/α-hetero) is 1. The van der Waals surface area contributed by atoms with E-state index in [0.29, 0.717) is 17.1 Å². The second-order valence-electron chi connectivity index (χ2n) is 4.96. The molecular weight excluding hydrogens is 376 g/mol. The summed E-state index contributed by atoms with van der Waals surface area (Å²) in [7, 11) is 1.47. The number of ketones is 1. The van der Waals surface area contributed by atoms with Crippen molar-refractivity contribution in [3.05, 3.63) is 58.1 Å². The predicted octanol–water partition coefficient (Wildman–Crippen LogP) is 3.78. The van der Waals surface area contributed by atoms with Gasteiger partial charge in [-0.05, 0) is 31.2 Å². The van der Waals surface area contributed by atoms with Crippen molar-refractivity contribution in [2.75, 3.05) is 13.7 Å². The minimum atomic E-state index is -0.497. The first-order valence-electron chi connectivity index (χ1n) is 7.22. The van der Waals surface area contributed by atoms with Gasteiger partial charge in [0, 0.05) is 15.6 Å². The summed E-state index contributed by atoms with van der Waals surface area (Å²) >= 11 is 3.39. The monoisotopic (exact) mass is 392 g/mol. The summed E-state index contributed by atoms with van der Waals surface area (Å²) in [6.45, 7) is 1.37. The second kappa shape index (κ2) is 8.49. The fourth-order valence-corrected chi connectivity index (χ4v) is 2.36. The lowest BCUT2D eigenvalue weighted by Crippen LogP contribution is -2.15. The number of ether oxygens (including phenoxy) is 3. The summed E-state index contributed by atoms with van der Waals surface area (Å²) in [6.07, 6.45) is 0. The third-order valence-electron chi connectivity index (χ3n) is 3.26. The van der Waals surface area contributed by atoms with E-state index >= 15 is 0 Å². The van der Waals surface area contributed by atoms with Crippen LogP contribution in [-0.4, -0.2) is 25.5 Å². The van der Waals surface area contributed by atoms with Crippen LogP contribution in [0.4, 0.5) is 0 Å². The zero-order chi connectivity index (χ0) is 17.5. The first kappa shape index (κ1) is 18.0. The molecule has 0 aliphatic heterocycles. The van der Waals surface area contributed by atoms with Crippen molar-refractivity contribution >= 4 is 27.7 Å². The summed E-state index contributed by atoms with van der Waals surface area (Å²) in [5, 5.41) is 0. The largest absolute Gasteiger partial charge is 0.493 e. The SMILES string of the molecule is COc1cc(C(C)=O)ccc1OCC(=O)OCc1ccccc1Br. The maximum absolute atomic E-state index is 11.8. The number of rotatable bonds is 7. The van der Waals surface area contributed by atoms with Crippen LogP contribution in [0, 0.1) is 0 Å². The summed E-state index contributed by atoms with van der Waals surface area (Å²) in [4.78, 5) is 23.2. The maximum Gasteiger partial charge on any atom is 0.344 e. The summed E-state index contributed by atoms with van der Waals surface area (Å²) in [6, 6.07) is 12.3. The molecular formula is C18H17BrO5. The van der Waals surface area contributed by atoms with E-state index in [2.05, 4.69) is 15.9 Å². The van der Waals surface area contributed by atoms with E-state index in [1.807, 2.05) is 24.3 Å². The third kappa shape index (κ3) is 4.83. The molecule has 24 heavy (non-hydrogen) atoms. The van der Waals surface area contributed by atoms with Crippen LogP contribution in [0.5, 0.6) is 11.5 Å². The summed E-state index contributed by atoms with van der Waals surface area (Å²) in [5.41, 5.74) is 1.38. The van der Waals surface area contributed by atoms with E-state index < -0.39 is 5.97 Å². The van der Waals surface area contributed by atoms with Gasteiger partial charge in [0.1, 0.15) is 6.61 Å². The van der Waals surface area contributed by atoms with Gasteiger partial charge in [0.05, 0.1) is 7.11 Å². The number of carbonyl (C=O) groups excluding carboxylic acids is 2. The standard InChI is InChI=1S/C18H17BrO5/c1-12(20)13-7-8-16(17(9-13)22-2)23-11-18(21)24-10-14-5-3-4-6-15(14)19/h3-9H,10-11H2,1-2H3. The zero-order valence-electron chi connectivity index (χ0n) is 13.4. The molecule has 0 bridgehead atoms. The number of carbonyl (C=O) groups is 2. The molecule has 0 aromatic heterocycles. The molecule has 0 saturated carbocycles. The minimum Gasteiger partial charge on any atom is -0.493 e. The van der Waals surface area contributed by atoms with Crippen LogP contribution < -0.4 is 9.47 Å². The Labute approximate surface area is 148 Å². The quantitative estimate of drug-likeness (QED) is 0.529. The van der Waals surface area contributed by atoms with Gasteiger partial charge in [-0.15, -0.1) is 0 Å². The van der Waals surface area contributed by atoms with Gasteiger partial charge in [0.15, 0.2) is 23.9 Å². The van der Waals surface area contributed by atoms with Gasteiger partial charge < -0.3 is 14.2 Å². The van der Waals surface area contributed by atoms with E-state index in [9.17, 15) is 9.59 Å². The van der Waals surface area contributed by atoms with Gasteiger partial charge in [-0.3, -0.25) is 4.79 Å². The van der Waals surface area contributed by atoms with Crippen LogP contribution >= 0.6 is 15.9 Å². The fraction of sp³-hybridized carbons (Fsp3) is 0.222. The lowest BCUT2D eigenvalue weighted by Gasteiger charge is -2.11. The topological polar surface area (TPSA) is 61.8 Å². The molecule has 6 heteroatoms. The molecule has 0 N–H and O–H groups in total. The van der Waals surface area contributed by atoms with Gasteiger partial charge in [0.25, 0.3) is 0 Å². The molecule has 0 atom stereocenters. The number of esters is 1. The molecule has 5 nitrogen and oxygen atoms in total. The van der Waals surface area contributed by atoms with Crippen LogP contribution in [0.3, 0.4) is 0 Å². The molecule has 2 rings (SSSR count). The molecule has 0 radical (unpaired) electrons. The number of benzene rings is 2. The molecule has 2 aromatic rings. The van der Waals surface area contributed by atoms with Gasteiger partial charge in [0.2, 0.25) is 0 Å². The zero-order valence-corrected chi connectivity index (χ0v) is 15.0. The van der Waals surface area contributed by atoms with Crippen molar-refractivity contribution in [1.82, 2.24) is 0 Å². The first-order valence-corrected chi connectivity index (χ1v) is 8.01. The van der Waals surface area contributed by atoms with E-state index in [1.54, 1.807) is 18.2 Å². The minimum absolute atomic E-state index is 0.0762. The van der Waals surface area contributed by atoms with Crippen LogP contribution in [0.15, 0.2) is 46.9 Å². The van der Waals surface area contributed by atoms with Gasteiger partial charge in [-0.2, -0.15) is 0 Å². The number of hydrogen-bond donors (Lipinski definition) is 0. The average Bonchev–Trinajstić information content (AvgIpc) is 2.58. The van der Waals surface area contributed by atoms with E-state index in [0.717, 1.165) is 10.0 Å². The number of halogens is 1. The number of hydrogen-bond acceptors (Lipinski definition) is 5. The Bertz CT molecular complexity index is 742. The van der Waals surface area contributed by atoms with Crippen LogP contribution in [0.1, 0.15) is 22.8 Å². The van der Waals surface area contributed by atoms with Crippen molar-refractivity contribution in [2.24, 2.45) is 0 Å². The second-order valence-corrected chi connectivity index (χ2v) is 5.82. The molecule has 0 fully saturated rings. The molecule has 0 heterocycles. The Morgan fingerprint density at radius 1 is 1.08 bits per heavy atom. The molecule has 2 aromatic carbocycles. The highest BCUT2D eigenvalue weighted by molar-refractivity contribution is 9.10. The Kier molecular flexibility index (Phi) is 6.37. The Morgan fingerprint density at radius 3 is 2.50 bits per heavy atom. The molecule has 0 aliphatic carbocycles. The lowest BCUT2D eigenvalue weighted by atomic mass is 10.1. The average molecular weight is 393 g/mol. The highest BCUT2D eigenvalue weighted by Crippen LogP contribution is 2.28. The van der Waals surface area contributed by atoms with Gasteiger partial charge in [-0.1, -0.05) is 34.1 Å². The van der Waals surface area contributed by atoms with Gasteiger partial charge in [-0.25, -0.2) is 4.79 Å². The Hall–Kier alpha value is -2.34. The van der Waals surface area contributed by atoms with E-state index in [-0.39, 0.29) is 19.0 Å². The van der Waals surface area contributed by atoms with Crippen LogP contribution in [0.2, 0.25) is 0 Å². The van der Waals surface area contributed by atoms with Crippen molar-refractivity contribution in [1.29, 1.82) is 0 Å². The fourth-order valence-electron chi connectivity index (χ4n) is 1.96. The van der Waals surface area contributed by atoms with Crippen molar-refractivity contribution in [3.8, 4) is 11.5 Å². The lowest BCUT2D eigenvalue weighted by molar-refractivity contribution is -0.147. The molecule has 126 valence electrons.